The van der Waals surface area contributed by atoms with Crippen molar-refractivity contribution >= 4 is 0 Å². The Morgan fingerprint density at radius 2 is 2.14 bits per heavy atom. The van der Waals surface area contributed by atoms with E-state index in [1.165, 1.54) is 12.1 Å². The van der Waals surface area contributed by atoms with Gasteiger partial charge in [-0.15, -0.1) is 0 Å². The second-order valence-electron chi connectivity index (χ2n) is 5.05. The summed E-state index contributed by atoms with van der Waals surface area (Å²) in [7, 11) is 0. The van der Waals surface area contributed by atoms with E-state index in [0.717, 1.165) is 11.3 Å². The molecule has 0 saturated heterocycles. The first-order chi connectivity index (χ1) is 10.2. The van der Waals surface area contributed by atoms with Gasteiger partial charge < -0.3 is 14.6 Å². The lowest BCUT2D eigenvalue weighted by atomic mass is 9.95. The predicted octanol–water partition coefficient (Wildman–Crippen LogP) is 3.78. The summed E-state index contributed by atoms with van der Waals surface area (Å²) in [5, 5.41) is 10.2. The number of ether oxygens (including phenoxy) is 2. The molecule has 21 heavy (non-hydrogen) atoms. The highest BCUT2D eigenvalue weighted by atomic mass is 19.1. The van der Waals surface area contributed by atoms with Crippen molar-refractivity contribution in [3.8, 4) is 11.5 Å². The van der Waals surface area contributed by atoms with Crippen molar-refractivity contribution < 1.29 is 19.0 Å². The fourth-order valence-electron chi connectivity index (χ4n) is 2.59. The van der Waals surface area contributed by atoms with Crippen molar-refractivity contribution in [2.45, 2.75) is 25.6 Å². The van der Waals surface area contributed by atoms with Crippen molar-refractivity contribution in [1.82, 2.24) is 0 Å². The van der Waals surface area contributed by atoms with E-state index in [1.807, 2.05) is 31.2 Å². The molecular formula is C17H17FO3. The number of fused-ring (bicyclic) bond motifs is 1. The monoisotopic (exact) mass is 288 g/mol. The lowest BCUT2D eigenvalue weighted by molar-refractivity contribution is 0.0652. The van der Waals surface area contributed by atoms with E-state index in [9.17, 15) is 9.50 Å². The van der Waals surface area contributed by atoms with Crippen LogP contribution in [0.4, 0.5) is 4.39 Å². The molecule has 2 aromatic rings. The van der Waals surface area contributed by atoms with Gasteiger partial charge in [0, 0.05) is 12.0 Å². The molecule has 1 aliphatic rings. The van der Waals surface area contributed by atoms with Crippen LogP contribution >= 0.6 is 0 Å². The molecule has 1 N–H and O–H groups in total. The molecule has 2 unspecified atom stereocenters. The Bertz CT molecular complexity index is 642. The molecule has 0 amide bonds. The molecule has 0 radical (unpaired) electrons. The minimum atomic E-state index is -0.731. The smallest absolute Gasteiger partial charge is 0.127 e. The summed E-state index contributed by atoms with van der Waals surface area (Å²) in [6, 6.07) is 11.9. The predicted molar refractivity (Wildman–Crippen MR) is 77.0 cm³/mol. The van der Waals surface area contributed by atoms with Crippen LogP contribution in [-0.2, 0) is 0 Å². The Labute approximate surface area is 122 Å². The number of aliphatic hydroxyl groups is 1. The Morgan fingerprint density at radius 1 is 1.29 bits per heavy atom. The van der Waals surface area contributed by atoms with Gasteiger partial charge in [0.1, 0.15) is 23.4 Å². The largest absolute Gasteiger partial charge is 0.494 e. The summed E-state index contributed by atoms with van der Waals surface area (Å²) in [4.78, 5) is 0. The lowest BCUT2D eigenvalue weighted by Crippen LogP contribution is -2.19. The summed E-state index contributed by atoms with van der Waals surface area (Å²) in [5.74, 6) is 0.938. The van der Waals surface area contributed by atoms with Crippen molar-refractivity contribution in [2.24, 2.45) is 0 Å². The van der Waals surface area contributed by atoms with Crippen molar-refractivity contribution in [3.63, 3.8) is 0 Å². The molecular weight excluding hydrogens is 271 g/mol. The minimum Gasteiger partial charge on any atom is -0.494 e. The topological polar surface area (TPSA) is 38.7 Å². The average Bonchev–Trinajstić information content (AvgIpc) is 2.48. The molecule has 0 bridgehead atoms. The maximum absolute atomic E-state index is 13.2. The molecule has 4 heteroatoms. The van der Waals surface area contributed by atoms with Crippen LogP contribution in [0, 0.1) is 5.82 Å². The molecule has 2 atom stereocenters. The second-order valence-corrected chi connectivity index (χ2v) is 5.05. The Kier molecular flexibility index (Phi) is 3.80. The van der Waals surface area contributed by atoms with Gasteiger partial charge in [-0.05, 0) is 42.8 Å². The molecule has 3 rings (SSSR count). The van der Waals surface area contributed by atoms with Crippen LogP contribution in [0.15, 0.2) is 42.5 Å². The molecule has 0 spiro atoms. The Morgan fingerprint density at radius 3 is 2.95 bits per heavy atom. The van der Waals surface area contributed by atoms with E-state index in [-0.39, 0.29) is 11.9 Å². The van der Waals surface area contributed by atoms with Crippen LogP contribution in [0.3, 0.4) is 0 Å². The van der Waals surface area contributed by atoms with E-state index in [4.69, 9.17) is 9.47 Å². The van der Waals surface area contributed by atoms with Gasteiger partial charge in [-0.2, -0.15) is 0 Å². The molecule has 0 aliphatic carbocycles. The fraction of sp³-hybridized carbons (Fsp3) is 0.294. The molecule has 1 heterocycles. The third-order valence-corrected chi connectivity index (χ3v) is 3.58. The van der Waals surface area contributed by atoms with Gasteiger partial charge in [0.25, 0.3) is 0 Å². The van der Waals surface area contributed by atoms with Crippen molar-refractivity contribution in [3.05, 3.63) is 59.4 Å². The zero-order chi connectivity index (χ0) is 14.8. The highest BCUT2D eigenvalue weighted by molar-refractivity contribution is 5.39. The van der Waals surface area contributed by atoms with E-state index in [1.54, 1.807) is 6.07 Å². The molecule has 1 aliphatic heterocycles. The SMILES string of the molecule is CCOc1cccc(C2CC(O)c3cc(F)ccc3O2)c1. The van der Waals surface area contributed by atoms with Crippen LogP contribution in [0.25, 0.3) is 0 Å². The second kappa shape index (κ2) is 5.74. The zero-order valence-corrected chi connectivity index (χ0v) is 11.8. The lowest BCUT2D eigenvalue weighted by Gasteiger charge is -2.30. The highest BCUT2D eigenvalue weighted by Crippen LogP contribution is 2.41. The third kappa shape index (κ3) is 2.85. The van der Waals surface area contributed by atoms with Gasteiger partial charge in [0.15, 0.2) is 0 Å². The number of aliphatic hydroxyl groups excluding tert-OH is 1. The Hall–Kier alpha value is -2.07. The normalized spacial score (nSPS) is 20.5. The van der Waals surface area contributed by atoms with Gasteiger partial charge in [-0.3, -0.25) is 0 Å². The van der Waals surface area contributed by atoms with Crippen molar-refractivity contribution in [2.75, 3.05) is 6.61 Å². The maximum atomic E-state index is 13.2. The van der Waals surface area contributed by atoms with Crippen LogP contribution in [0.2, 0.25) is 0 Å². The van der Waals surface area contributed by atoms with E-state index in [2.05, 4.69) is 0 Å². The van der Waals surface area contributed by atoms with Crippen LogP contribution < -0.4 is 9.47 Å². The van der Waals surface area contributed by atoms with Gasteiger partial charge in [-0.1, -0.05) is 12.1 Å². The van der Waals surface area contributed by atoms with E-state index >= 15 is 0 Å². The molecule has 110 valence electrons. The highest BCUT2D eigenvalue weighted by Gasteiger charge is 2.28. The first kappa shape index (κ1) is 13.9. The zero-order valence-electron chi connectivity index (χ0n) is 11.8. The summed E-state index contributed by atoms with van der Waals surface area (Å²) in [6.07, 6.45) is -0.602. The van der Waals surface area contributed by atoms with Gasteiger partial charge in [0.05, 0.1) is 12.7 Å². The first-order valence-corrected chi connectivity index (χ1v) is 7.04. The number of rotatable bonds is 3. The number of hydrogen-bond donors (Lipinski definition) is 1. The maximum Gasteiger partial charge on any atom is 0.127 e. The van der Waals surface area contributed by atoms with Gasteiger partial charge in [0.2, 0.25) is 0 Å². The fourth-order valence-corrected chi connectivity index (χ4v) is 2.59. The molecule has 0 aromatic heterocycles. The summed E-state index contributed by atoms with van der Waals surface area (Å²) in [5.41, 5.74) is 1.45. The third-order valence-electron chi connectivity index (χ3n) is 3.58. The summed E-state index contributed by atoms with van der Waals surface area (Å²) >= 11 is 0. The van der Waals surface area contributed by atoms with Crippen LogP contribution in [0.1, 0.15) is 36.7 Å². The average molecular weight is 288 g/mol. The standard InChI is InChI=1S/C17H17FO3/c1-2-20-13-5-3-4-11(8-13)17-10-15(19)14-9-12(18)6-7-16(14)21-17/h3-9,15,17,19H,2,10H2,1H3. The molecule has 2 aromatic carbocycles. The van der Waals surface area contributed by atoms with Crippen LogP contribution in [-0.4, -0.2) is 11.7 Å². The van der Waals surface area contributed by atoms with Crippen LogP contribution in [0.5, 0.6) is 11.5 Å². The number of hydrogen-bond acceptors (Lipinski definition) is 3. The Balaban J connectivity index is 1.88. The van der Waals surface area contributed by atoms with Gasteiger partial charge >= 0.3 is 0 Å². The quantitative estimate of drug-likeness (QED) is 0.934. The molecule has 0 saturated carbocycles. The molecule has 0 fully saturated rings. The number of benzene rings is 2. The van der Waals surface area contributed by atoms with E-state index in [0.29, 0.717) is 24.3 Å². The minimum absolute atomic E-state index is 0.265. The van der Waals surface area contributed by atoms with E-state index < -0.39 is 6.10 Å². The molecule has 3 nitrogen and oxygen atoms in total. The number of halogens is 1. The first-order valence-electron chi connectivity index (χ1n) is 7.04. The van der Waals surface area contributed by atoms with Crippen molar-refractivity contribution in [1.29, 1.82) is 0 Å². The van der Waals surface area contributed by atoms with Gasteiger partial charge in [-0.25, -0.2) is 4.39 Å². The summed E-state index contributed by atoms with van der Waals surface area (Å²) in [6.45, 7) is 2.53. The summed E-state index contributed by atoms with van der Waals surface area (Å²) < 4.78 is 24.6.